The normalized spacial score (nSPS) is 13.3. The minimum Gasteiger partial charge on any atom is -0.311 e. The molecule has 0 heterocycles. The zero-order valence-corrected chi connectivity index (χ0v) is 24.0. The van der Waals surface area contributed by atoms with Crippen LogP contribution >= 0.6 is 0 Å². The molecule has 1 nitrogen and oxygen atoms in total. The van der Waals surface area contributed by atoms with Gasteiger partial charge >= 0.3 is 0 Å². The molecule has 1 aliphatic rings. The summed E-state index contributed by atoms with van der Waals surface area (Å²) in [5, 5.41) is 0. The number of rotatable bonds is 6. The van der Waals surface area contributed by atoms with Gasteiger partial charge < -0.3 is 4.90 Å². The molecule has 0 aliphatic heterocycles. The number of nitrogens with zero attached hydrogens (tertiary/aromatic N) is 1. The predicted molar refractivity (Wildman–Crippen MR) is 179 cm³/mol. The third-order valence-corrected chi connectivity index (χ3v) is 8.51. The average molecular weight is 540 g/mol. The maximum Gasteiger partial charge on any atom is 0.0462 e. The van der Waals surface area contributed by atoms with Crippen molar-refractivity contribution < 1.29 is 0 Å². The van der Waals surface area contributed by atoms with E-state index in [0.29, 0.717) is 0 Å². The van der Waals surface area contributed by atoms with E-state index < -0.39 is 0 Å². The van der Waals surface area contributed by atoms with Gasteiger partial charge in [-0.25, -0.2) is 0 Å². The van der Waals surface area contributed by atoms with Crippen molar-refractivity contribution in [2.24, 2.45) is 0 Å². The molecule has 42 heavy (non-hydrogen) atoms. The van der Waals surface area contributed by atoms with E-state index in [1.165, 1.54) is 44.5 Å². The highest BCUT2D eigenvalue weighted by Gasteiger charge is 2.33. The Morgan fingerprint density at radius 1 is 0.381 bits per heavy atom. The second-order valence-corrected chi connectivity index (χ2v) is 11.5. The van der Waals surface area contributed by atoms with Crippen LogP contribution in [0, 0.1) is 0 Å². The molecular weight excluding hydrogens is 506 g/mol. The fraction of sp³-hybridized carbons (Fsp3) is 0.0732. The van der Waals surface area contributed by atoms with E-state index in [1.54, 1.807) is 0 Å². The SMILES string of the molecule is CC1(C)C(c2ccc(N(c3ccc(-c4ccccc4)cc3)c3ccc(-c4ccccc4)cc3)cc2)=Cc2ccccc21. The molecule has 0 saturated carbocycles. The monoisotopic (exact) mass is 539 g/mol. The number of allylic oxidation sites excluding steroid dienone is 1. The summed E-state index contributed by atoms with van der Waals surface area (Å²) in [4.78, 5) is 2.34. The van der Waals surface area contributed by atoms with Crippen LogP contribution in [-0.4, -0.2) is 0 Å². The van der Waals surface area contributed by atoms with Crippen molar-refractivity contribution in [2.75, 3.05) is 4.90 Å². The minimum absolute atomic E-state index is 0.0294. The summed E-state index contributed by atoms with van der Waals surface area (Å²) >= 11 is 0. The van der Waals surface area contributed by atoms with Gasteiger partial charge in [0.1, 0.15) is 0 Å². The Bertz CT molecular complexity index is 1760. The third kappa shape index (κ3) is 4.74. The predicted octanol–water partition coefficient (Wildman–Crippen LogP) is 11.3. The van der Waals surface area contributed by atoms with Gasteiger partial charge in [0.15, 0.2) is 0 Å². The summed E-state index contributed by atoms with van der Waals surface area (Å²) in [5.74, 6) is 0. The summed E-state index contributed by atoms with van der Waals surface area (Å²) in [6.07, 6.45) is 2.35. The fourth-order valence-corrected chi connectivity index (χ4v) is 6.22. The second kappa shape index (κ2) is 10.7. The van der Waals surface area contributed by atoms with Crippen LogP contribution in [0.15, 0.2) is 158 Å². The molecule has 6 aromatic rings. The molecule has 0 spiro atoms. The standard InChI is InChI=1S/C41H33N/c1-41(2)39-16-10-9-15-35(39)29-40(41)34-21-27-38(28-22-34)42(36-23-17-32(18-24-36)30-11-5-3-6-12-30)37-25-19-33(20-26-37)31-13-7-4-8-14-31/h3-29H,1-2H3. The molecule has 7 rings (SSSR count). The van der Waals surface area contributed by atoms with E-state index in [-0.39, 0.29) is 5.41 Å². The Morgan fingerprint density at radius 3 is 1.21 bits per heavy atom. The molecule has 0 N–H and O–H groups in total. The number of fused-ring (bicyclic) bond motifs is 1. The van der Waals surface area contributed by atoms with E-state index in [1.807, 2.05) is 0 Å². The Kier molecular flexibility index (Phi) is 6.56. The largest absolute Gasteiger partial charge is 0.311 e. The Labute approximate surface area is 249 Å². The van der Waals surface area contributed by atoms with Gasteiger partial charge in [0.25, 0.3) is 0 Å². The highest BCUT2D eigenvalue weighted by Crippen LogP contribution is 2.47. The van der Waals surface area contributed by atoms with Crippen LogP contribution < -0.4 is 4.90 Å². The highest BCUT2D eigenvalue weighted by atomic mass is 15.1. The van der Waals surface area contributed by atoms with E-state index in [0.717, 1.165) is 17.1 Å². The molecule has 0 radical (unpaired) electrons. The fourth-order valence-electron chi connectivity index (χ4n) is 6.22. The summed E-state index contributed by atoms with van der Waals surface area (Å²) in [6, 6.07) is 56.7. The Morgan fingerprint density at radius 2 is 0.762 bits per heavy atom. The smallest absolute Gasteiger partial charge is 0.0462 e. The van der Waals surface area contributed by atoms with Crippen LogP contribution in [0.1, 0.15) is 30.5 Å². The van der Waals surface area contributed by atoms with Gasteiger partial charge in [0.05, 0.1) is 0 Å². The van der Waals surface area contributed by atoms with Crippen LogP contribution in [-0.2, 0) is 5.41 Å². The van der Waals surface area contributed by atoms with Crippen LogP contribution in [0.4, 0.5) is 17.1 Å². The van der Waals surface area contributed by atoms with Crippen molar-refractivity contribution in [3.05, 3.63) is 174 Å². The maximum atomic E-state index is 2.35. The van der Waals surface area contributed by atoms with E-state index in [2.05, 4.69) is 183 Å². The minimum atomic E-state index is -0.0294. The molecule has 0 saturated heterocycles. The number of hydrogen-bond acceptors (Lipinski definition) is 1. The summed E-state index contributed by atoms with van der Waals surface area (Å²) in [5.41, 5.74) is 13.6. The summed E-state index contributed by atoms with van der Waals surface area (Å²) in [6.45, 7) is 4.65. The van der Waals surface area contributed by atoms with Gasteiger partial charge in [-0.05, 0) is 87.0 Å². The molecule has 202 valence electrons. The first-order valence-electron chi connectivity index (χ1n) is 14.6. The Balaban J connectivity index is 1.26. The lowest BCUT2D eigenvalue weighted by atomic mass is 9.78. The quantitative estimate of drug-likeness (QED) is 0.203. The highest BCUT2D eigenvalue weighted by molar-refractivity contribution is 5.94. The molecule has 0 atom stereocenters. The van der Waals surface area contributed by atoms with Gasteiger partial charge in [-0.15, -0.1) is 0 Å². The second-order valence-electron chi connectivity index (χ2n) is 11.5. The maximum absolute atomic E-state index is 2.35. The van der Waals surface area contributed by atoms with Crippen molar-refractivity contribution in [3.63, 3.8) is 0 Å². The number of anilines is 3. The Hall–Kier alpha value is -5.14. The summed E-state index contributed by atoms with van der Waals surface area (Å²) < 4.78 is 0. The van der Waals surface area contributed by atoms with E-state index in [4.69, 9.17) is 0 Å². The van der Waals surface area contributed by atoms with Crippen molar-refractivity contribution in [2.45, 2.75) is 19.3 Å². The molecule has 1 heteroatoms. The molecule has 0 amide bonds. The lowest BCUT2D eigenvalue weighted by Crippen LogP contribution is -2.16. The van der Waals surface area contributed by atoms with E-state index >= 15 is 0 Å². The number of benzene rings is 6. The molecule has 0 fully saturated rings. The van der Waals surface area contributed by atoms with Gasteiger partial charge in [0, 0.05) is 22.5 Å². The zero-order chi connectivity index (χ0) is 28.5. The first kappa shape index (κ1) is 25.8. The molecule has 6 aromatic carbocycles. The van der Waals surface area contributed by atoms with Crippen molar-refractivity contribution >= 4 is 28.7 Å². The first-order chi connectivity index (χ1) is 20.6. The van der Waals surface area contributed by atoms with Crippen LogP contribution in [0.2, 0.25) is 0 Å². The van der Waals surface area contributed by atoms with E-state index in [9.17, 15) is 0 Å². The van der Waals surface area contributed by atoms with Crippen molar-refractivity contribution in [3.8, 4) is 22.3 Å². The zero-order valence-electron chi connectivity index (χ0n) is 24.0. The van der Waals surface area contributed by atoms with Crippen molar-refractivity contribution in [1.82, 2.24) is 0 Å². The molecule has 0 aromatic heterocycles. The number of hydrogen-bond donors (Lipinski definition) is 0. The van der Waals surface area contributed by atoms with Gasteiger partial charge in [0.2, 0.25) is 0 Å². The molecular formula is C41H33N. The topological polar surface area (TPSA) is 3.24 Å². The molecule has 1 aliphatic carbocycles. The first-order valence-corrected chi connectivity index (χ1v) is 14.6. The summed E-state index contributed by atoms with van der Waals surface area (Å²) in [7, 11) is 0. The van der Waals surface area contributed by atoms with Crippen molar-refractivity contribution in [1.29, 1.82) is 0 Å². The van der Waals surface area contributed by atoms with Crippen LogP contribution in [0.25, 0.3) is 33.9 Å². The molecule has 0 bridgehead atoms. The molecule has 0 unspecified atom stereocenters. The van der Waals surface area contributed by atoms with Gasteiger partial charge in [-0.2, -0.15) is 0 Å². The van der Waals surface area contributed by atoms with Gasteiger partial charge in [-0.1, -0.05) is 135 Å². The average Bonchev–Trinajstić information content (AvgIpc) is 3.33. The van der Waals surface area contributed by atoms with Crippen LogP contribution in [0.3, 0.4) is 0 Å². The lowest BCUT2D eigenvalue weighted by Gasteiger charge is -2.28. The van der Waals surface area contributed by atoms with Crippen LogP contribution in [0.5, 0.6) is 0 Å². The lowest BCUT2D eigenvalue weighted by molar-refractivity contribution is 0.704. The third-order valence-electron chi connectivity index (χ3n) is 8.51. The van der Waals surface area contributed by atoms with Gasteiger partial charge in [-0.3, -0.25) is 0 Å².